The van der Waals surface area contributed by atoms with Gasteiger partial charge >= 0.3 is 0 Å². The van der Waals surface area contributed by atoms with Gasteiger partial charge in [-0.1, -0.05) is 6.92 Å². The molecule has 8 N–H and O–H groups in total. The molecule has 0 spiro atoms. The van der Waals surface area contributed by atoms with Crippen LogP contribution in [0.1, 0.15) is 64.7 Å². The van der Waals surface area contributed by atoms with Gasteiger partial charge in [-0.3, -0.25) is 9.59 Å². The van der Waals surface area contributed by atoms with Crippen LogP contribution in [-0.4, -0.2) is 63.7 Å². The Labute approximate surface area is 171 Å². The van der Waals surface area contributed by atoms with E-state index in [0.29, 0.717) is 25.9 Å². The van der Waals surface area contributed by atoms with Crippen molar-refractivity contribution in [3.05, 3.63) is 0 Å². The van der Waals surface area contributed by atoms with Gasteiger partial charge in [0.15, 0.2) is 0 Å². The maximum atomic E-state index is 11.9. The van der Waals surface area contributed by atoms with E-state index in [1.165, 1.54) is 0 Å². The van der Waals surface area contributed by atoms with E-state index in [2.05, 4.69) is 21.3 Å². The summed E-state index contributed by atoms with van der Waals surface area (Å²) in [5, 5.41) is 12.5. The second-order valence-corrected chi connectivity index (χ2v) is 7.20. The molecule has 0 aromatic rings. The maximum Gasteiger partial charge on any atom is 0.236 e. The highest BCUT2D eigenvalue weighted by molar-refractivity contribution is 5.81. The summed E-state index contributed by atoms with van der Waals surface area (Å²) in [6, 6.07) is -0.467. The molecule has 8 heteroatoms. The molecule has 28 heavy (non-hydrogen) atoms. The fraction of sp³-hybridized carbons (Fsp3) is 0.900. The molecule has 0 rings (SSSR count). The number of hydrogen-bond donors (Lipinski definition) is 6. The van der Waals surface area contributed by atoms with E-state index in [9.17, 15) is 9.59 Å². The van der Waals surface area contributed by atoms with Crippen LogP contribution in [0.4, 0.5) is 0 Å². The molecule has 166 valence electrons. The molecule has 0 aliphatic carbocycles. The van der Waals surface area contributed by atoms with Crippen LogP contribution < -0.4 is 32.7 Å². The predicted molar refractivity (Wildman–Crippen MR) is 116 cm³/mol. The topological polar surface area (TPSA) is 134 Å². The van der Waals surface area contributed by atoms with Gasteiger partial charge in [0, 0.05) is 19.5 Å². The lowest BCUT2D eigenvalue weighted by Crippen LogP contribution is -2.41. The van der Waals surface area contributed by atoms with Gasteiger partial charge in [-0.25, -0.2) is 0 Å². The number of carbonyl (C=O) groups is 2. The molecular weight excluding hydrogens is 356 g/mol. The van der Waals surface area contributed by atoms with Crippen LogP contribution in [-0.2, 0) is 9.59 Å². The summed E-state index contributed by atoms with van der Waals surface area (Å²) in [6.07, 6.45) is 8.00. The summed E-state index contributed by atoms with van der Waals surface area (Å²) in [6.45, 7) is 7.97. The number of rotatable bonds is 20. The summed E-state index contributed by atoms with van der Waals surface area (Å²) in [5.41, 5.74) is 11.4. The zero-order valence-corrected chi connectivity index (χ0v) is 17.9. The van der Waals surface area contributed by atoms with Crippen LogP contribution >= 0.6 is 0 Å². The van der Waals surface area contributed by atoms with Gasteiger partial charge < -0.3 is 32.7 Å². The van der Waals surface area contributed by atoms with Crippen molar-refractivity contribution in [1.29, 1.82) is 0 Å². The molecule has 1 atom stereocenters. The van der Waals surface area contributed by atoms with Crippen molar-refractivity contribution in [3.63, 3.8) is 0 Å². The molecular formula is C20H44N6O2. The zero-order chi connectivity index (χ0) is 20.9. The molecule has 0 fully saturated rings. The van der Waals surface area contributed by atoms with Gasteiger partial charge in [0.25, 0.3) is 0 Å². The summed E-state index contributed by atoms with van der Waals surface area (Å²) in [7, 11) is 0. The molecule has 0 aliphatic heterocycles. The number of nitrogens with two attached hydrogens (primary N) is 2. The third-order valence-corrected chi connectivity index (χ3v) is 4.42. The smallest absolute Gasteiger partial charge is 0.236 e. The molecule has 2 amide bonds. The van der Waals surface area contributed by atoms with Crippen molar-refractivity contribution < 1.29 is 9.59 Å². The lowest BCUT2D eigenvalue weighted by atomic mass is 10.1. The van der Waals surface area contributed by atoms with Crippen LogP contribution in [0.5, 0.6) is 0 Å². The van der Waals surface area contributed by atoms with E-state index in [1.807, 2.05) is 6.92 Å². The van der Waals surface area contributed by atoms with Gasteiger partial charge in [0.1, 0.15) is 0 Å². The van der Waals surface area contributed by atoms with E-state index in [1.54, 1.807) is 0 Å². The first-order chi connectivity index (χ1) is 13.6. The molecule has 0 saturated carbocycles. The van der Waals surface area contributed by atoms with Crippen LogP contribution in [0.2, 0.25) is 0 Å². The predicted octanol–water partition coefficient (Wildman–Crippen LogP) is 0.215. The third kappa shape index (κ3) is 18.2. The van der Waals surface area contributed by atoms with Crippen molar-refractivity contribution >= 4 is 11.8 Å². The average molecular weight is 401 g/mol. The van der Waals surface area contributed by atoms with E-state index in [4.69, 9.17) is 11.5 Å². The van der Waals surface area contributed by atoms with E-state index in [0.717, 1.165) is 77.7 Å². The van der Waals surface area contributed by atoms with E-state index in [-0.39, 0.29) is 11.8 Å². The lowest BCUT2D eigenvalue weighted by Gasteiger charge is -2.12. The van der Waals surface area contributed by atoms with Crippen molar-refractivity contribution in [2.24, 2.45) is 11.5 Å². The minimum atomic E-state index is -0.467. The molecule has 0 radical (unpaired) electrons. The van der Waals surface area contributed by atoms with Crippen molar-refractivity contribution in [2.45, 2.75) is 70.8 Å². The quantitative estimate of drug-likeness (QED) is 0.162. The van der Waals surface area contributed by atoms with Gasteiger partial charge in [0.2, 0.25) is 11.8 Å². The Kier molecular flexibility index (Phi) is 19.6. The zero-order valence-electron chi connectivity index (χ0n) is 17.9. The molecule has 0 aromatic heterocycles. The van der Waals surface area contributed by atoms with Crippen LogP contribution in [0.25, 0.3) is 0 Å². The van der Waals surface area contributed by atoms with Crippen molar-refractivity contribution in [1.82, 2.24) is 21.3 Å². The Balaban J connectivity index is 3.38. The number of unbranched alkanes of at least 4 members (excludes halogenated alkanes) is 2. The minimum Gasteiger partial charge on any atom is -0.356 e. The maximum absolute atomic E-state index is 11.9. The van der Waals surface area contributed by atoms with Crippen LogP contribution in [0, 0.1) is 0 Å². The summed E-state index contributed by atoms with van der Waals surface area (Å²) in [4.78, 5) is 23.3. The largest absolute Gasteiger partial charge is 0.356 e. The number of nitrogens with one attached hydrogen (secondary N) is 4. The normalized spacial score (nSPS) is 12.0. The van der Waals surface area contributed by atoms with E-state index < -0.39 is 6.04 Å². The molecule has 0 heterocycles. The Morgan fingerprint density at radius 3 is 2.00 bits per heavy atom. The van der Waals surface area contributed by atoms with Crippen LogP contribution in [0.3, 0.4) is 0 Å². The second-order valence-electron chi connectivity index (χ2n) is 7.20. The Morgan fingerprint density at radius 2 is 1.36 bits per heavy atom. The summed E-state index contributed by atoms with van der Waals surface area (Å²) in [5.74, 6) is 0.0101. The monoisotopic (exact) mass is 400 g/mol. The molecule has 0 aliphatic rings. The van der Waals surface area contributed by atoms with Crippen LogP contribution in [0.15, 0.2) is 0 Å². The fourth-order valence-corrected chi connectivity index (χ4v) is 2.70. The van der Waals surface area contributed by atoms with Gasteiger partial charge in [0.05, 0.1) is 6.04 Å². The molecule has 0 unspecified atom stereocenters. The first kappa shape index (κ1) is 26.8. The first-order valence-electron chi connectivity index (χ1n) is 11.0. The van der Waals surface area contributed by atoms with Gasteiger partial charge in [-0.15, -0.1) is 0 Å². The minimum absolute atomic E-state index is 0.0847. The van der Waals surface area contributed by atoms with E-state index >= 15 is 0 Å². The summed E-state index contributed by atoms with van der Waals surface area (Å²) >= 11 is 0. The first-order valence-corrected chi connectivity index (χ1v) is 11.0. The molecule has 0 aromatic carbocycles. The van der Waals surface area contributed by atoms with Crippen molar-refractivity contribution in [3.8, 4) is 0 Å². The molecule has 0 saturated heterocycles. The number of amides is 2. The Hall–Kier alpha value is -1.22. The van der Waals surface area contributed by atoms with Gasteiger partial charge in [-0.2, -0.15) is 0 Å². The average Bonchev–Trinajstić information content (AvgIpc) is 2.68. The standard InChI is InChI=1S/C20H44N6O2/c1-2-9-19(27)25-16-4-3-10-18(22)20(28)26-17-8-15-24-13-6-5-12-23-14-7-11-21/h18,23-24H,2-17,21-22H2,1H3,(H,25,27)(H,26,28)/t18-/m1/s1. The Bertz CT molecular complexity index is 382. The van der Waals surface area contributed by atoms with Crippen molar-refractivity contribution in [2.75, 3.05) is 45.8 Å². The summed E-state index contributed by atoms with van der Waals surface area (Å²) < 4.78 is 0. The molecule has 8 nitrogen and oxygen atoms in total. The lowest BCUT2D eigenvalue weighted by molar-refractivity contribution is -0.123. The van der Waals surface area contributed by atoms with Gasteiger partial charge in [-0.05, 0) is 84.1 Å². The highest BCUT2D eigenvalue weighted by Gasteiger charge is 2.12. The fourth-order valence-electron chi connectivity index (χ4n) is 2.70. The number of carbonyl (C=O) groups excluding carboxylic acids is 2. The third-order valence-electron chi connectivity index (χ3n) is 4.42. The SMILES string of the molecule is CCCC(=O)NCCCC[C@@H](N)C(=O)NCCCNCCCCNCCCN. The highest BCUT2D eigenvalue weighted by Crippen LogP contribution is 1.99. The Morgan fingerprint density at radius 1 is 0.786 bits per heavy atom. The highest BCUT2D eigenvalue weighted by atomic mass is 16.2. The number of hydrogen-bond acceptors (Lipinski definition) is 6. The molecule has 0 bridgehead atoms. The second kappa shape index (κ2) is 20.5.